The van der Waals surface area contributed by atoms with E-state index in [0.717, 1.165) is 5.56 Å². The molecule has 1 saturated heterocycles. The largest absolute Gasteiger partial charge is 0.358 e. The van der Waals surface area contributed by atoms with Gasteiger partial charge in [-0.3, -0.25) is 10.4 Å². The molecule has 8 heteroatoms. The van der Waals surface area contributed by atoms with Gasteiger partial charge in [0.2, 0.25) is 0 Å². The van der Waals surface area contributed by atoms with Crippen molar-refractivity contribution in [3.63, 3.8) is 0 Å². The lowest BCUT2D eigenvalue weighted by atomic mass is 10.3. The Labute approximate surface area is 117 Å². The van der Waals surface area contributed by atoms with Crippen molar-refractivity contribution in [2.24, 2.45) is 5.10 Å². The summed E-state index contributed by atoms with van der Waals surface area (Å²) in [6.07, 6.45) is 5.53. The van der Waals surface area contributed by atoms with Crippen LogP contribution in [0.25, 0.3) is 0 Å². The summed E-state index contributed by atoms with van der Waals surface area (Å²) < 4.78 is 22.6. The molecule has 2 N–H and O–H groups in total. The number of sulfone groups is 1. The molecule has 0 saturated carbocycles. The molecule has 2 rings (SSSR count). The van der Waals surface area contributed by atoms with Crippen molar-refractivity contribution in [2.45, 2.75) is 12.5 Å². The average Bonchev–Trinajstić information content (AvgIpc) is 2.70. The summed E-state index contributed by atoms with van der Waals surface area (Å²) in [4.78, 5) is 3.89. The summed E-state index contributed by atoms with van der Waals surface area (Å²) >= 11 is 5.04. The molecule has 0 unspecified atom stereocenters. The summed E-state index contributed by atoms with van der Waals surface area (Å²) in [5.41, 5.74) is 3.56. The van der Waals surface area contributed by atoms with Gasteiger partial charge in [0, 0.05) is 18.4 Å². The van der Waals surface area contributed by atoms with E-state index in [2.05, 4.69) is 20.8 Å². The van der Waals surface area contributed by atoms with E-state index in [1.807, 2.05) is 12.1 Å². The molecule has 1 aliphatic heterocycles. The molecule has 0 radical (unpaired) electrons. The van der Waals surface area contributed by atoms with Crippen LogP contribution in [0, 0.1) is 0 Å². The first kappa shape index (κ1) is 13.9. The predicted octanol–water partition coefficient (Wildman–Crippen LogP) is 0.0667. The van der Waals surface area contributed by atoms with Gasteiger partial charge in [-0.1, -0.05) is 0 Å². The van der Waals surface area contributed by atoms with Crippen molar-refractivity contribution in [1.82, 2.24) is 15.7 Å². The molecule has 0 bridgehead atoms. The van der Waals surface area contributed by atoms with Gasteiger partial charge in [0.25, 0.3) is 0 Å². The maximum absolute atomic E-state index is 11.3. The van der Waals surface area contributed by atoms with E-state index < -0.39 is 9.84 Å². The molecule has 1 aromatic heterocycles. The molecular weight excluding hydrogens is 284 g/mol. The van der Waals surface area contributed by atoms with Gasteiger partial charge < -0.3 is 5.32 Å². The molecule has 102 valence electrons. The number of thiocarbonyl (C=S) groups is 1. The molecular formula is C11H14N4O2S2. The molecule has 2 heterocycles. The lowest BCUT2D eigenvalue weighted by molar-refractivity contribution is 0.600. The van der Waals surface area contributed by atoms with Crippen molar-refractivity contribution in [1.29, 1.82) is 0 Å². The van der Waals surface area contributed by atoms with Crippen LogP contribution in [0.15, 0.2) is 29.6 Å². The van der Waals surface area contributed by atoms with E-state index in [9.17, 15) is 8.42 Å². The van der Waals surface area contributed by atoms with Crippen LogP contribution in [-0.2, 0) is 9.84 Å². The minimum atomic E-state index is -2.90. The topological polar surface area (TPSA) is 83.5 Å². The fourth-order valence-corrected chi connectivity index (χ4v) is 3.63. The van der Waals surface area contributed by atoms with Gasteiger partial charge in [0.1, 0.15) is 0 Å². The van der Waals surface area contributed by atoms with Crippen molar-refractivity contribution in [3.05, 3.63) is 30.1 Å². The highest BCUT2D eigenvalue weighted by molar-refractivity contribution is 7.91. The summed E-state index contributed by atoms with van der Waals surface area (Å²) in [6.45, 7) is 0. The van der Waals surface area contributed by atoms with Crippen LogP contribution in [0.3, 0.4) is 0 Å². The molecule has 6 nitrogen and oxygen atoms in total. The second-order valence-corrected chi connectivity index (χ2v) is 6.86. The Bertz CT molecular complexity index is 572. The maximum Gasteiger partial charge on any atom is 0.187 e. The molecule has 0 spiro atoms. The monoisotopic (exact) mass is 298 g/mol. The smallest absolute Gasteiger partial charge is 0.187 e. The Balaban J connectivity index is 1.78. The van der Waals surface area contributed by atoms with Crippen LogP contribution in [0.4, 0.5) is 0 Å². The number of hydrogen-bond acceptors (Lipinski definition) is 5. The third-order valence-electron chi connectivity index (χ3n) is 2.65. The molecule has 0 amide bonds. The number of hydrazone groups is 1. The Morgan fingerprint density at radius 2 is 2.21 bits per heavy atom. The number of rotatable bonds is 3. The summed E-state index contributed by atoms with van der Waals surface area (Å²) in [5.74, 6) is 0.344. The quantitative estimate of drug-likeness (QED) is 0.467. The van der Waals surface area contributed by atoms with Gasteiger partial charge in [0.05, 0.1) is 17.7 Å². The third kappa shape index (κ3) is 4.56. The van der Waals surface area contributed by atoms with Gasteiger partial charge in [-0.15, -0.1) is 0 Å². The Kier molecular flexibility index (Phi) is 4.43. The molecule has 1 fully saturated rings. The number of nitrogens with zero attached hydrogens (tertiary/aromatic N) is 2. The highest BCUT2D eigenvalue weighted by atomic mass is 32.2. The molecule has 0 aromatic carbocycles. The molecule has 1 atom stereocenters. The fraction of sp³-hybridized carbons (Fsp3) is 0.364. The van der Waals surface area contributed by atoms with E-state index in [1.54, 1.807) is 18.6 Å². The van der Waals surface area contributed by atoms with E-state index >= 15 is 0 Å². The molecule has 0 aliphatic carbocycles. The minimum Gasteiger partial charge on any atom is -0.358 e. The van der Waals surface area contributed by atoms with E-state index in [0.29, 0.717) is 11.5 Å². The predicted molar refractivity (Wildman–Crippen MR) is 77.8 cm³/mol. The standard InChI is InChI=1S/C11H14N4O2S2/c16-19(17)6-3-10(8-19)14-11(18)15-13-7-9-1-4-12-5-2-9/h1-2,4-5,7,10H,3,6,8H2,(H2,14,15,18)/b13-7-/t10-/m0/s1. The van der Waals surface area contributed by atoms with Crippen LogP contribution in [-0.4, -0.2) is 42.3 Å². The Morgan fingerprint density at radius 1 is 1.47 bits per heavy atom. The highest BCUT2D eigenvalue weighted by Gasteiger charge is 2.27. The fourth-order valence-electron chi connectivity index (χ4n) is 1.74. The lowest BCUT2D eigenvalue weighted by Gasteiger charge is -2.11. The lowest BCUT2D eigenvalue weighted by Crippen LogP contribution is -2.40. The van der Waals surface area contributed by atoms with Crippen molar-refractivity contribution >= 4 is 33.4 Å². The number of nitrogens with one attached hydrogen (secondary N) is 2. The summed E-state index contributed by atoms with van der Waals surface area (Å²) in [7, 11) is -2.90. The zero-order valence-corrected chi connectivity index (χ0v) is 11.7. The maximum atomic E-state index is 11.3. The second kappa shape index (κ2) is 6.07. The molecule has 19 heavy (non-hydrogen) atoms. The van der Waals surface area contributed by atoms with Gasteiger partial charge in [-0.25, -0.2) is 8.42 Å². The molecule has 1 aliphatic rings. The second-order valence-electron chi connectivity index (χ2n) is 4.22. The van der Waals surface area contributed by atoms with Crippen molar-refractivity contribution in [3.8, 4) is 0 Å². The first-order valence-corrected chi connectivity index (χ1v) is 7.98. The van der Waals surface area contributed by atoms with E-state index in [4.69, 9.17) is 12.2 Å². The Hall–Kier alpha value is -1.54. The number of aromatic nitrogens is 1. The summed E-state index contributed by atoms with van der Waals surface area (Å²) in [5, 5.41) is 7.23. The first-order chi connectivity index (χ1) is 9.05. The van der Waals surface area contributed by atoms with Crippen LogP contribution in [0.2, 0.25) is 0 Å². The first-order valence-electron chi connectivity index (χ1n) is 5.75. The van der Waals surface area contributed by atoms with Crippen molar-refractivity contribution in [2.75, 3.05) is 11.5 Å². The Morgan fingerprint density at radius 3 is 2.84 bits per heavy atom. The van der Waals surface area contributed by atoms with Crippen LogP contribution in [0.5, 0.6) is 0 Å². The zero-order chi connectivity index (χ0) is 13.7. The van der Waals surface area contributed by atoms with E-state index in [1.165, 1.54) is 0 Å². The minimum absolute atomic E-state index is 0.124. The SMILES string of the molecule is O=S1(=O)CC[C@H](NC(=S)N/N=C\c2ccncc2)C1. The highest BCUT2D eigenvalue weighted by Crippen LogP contribution is 2.10. The van der Waals surface area contributed by atoms with Gasteiger partial charge in [-0.05, 0) is 36.3 Å². The van der Waals surface area contributed by atoms with E-state index in [-0.39, 0.29) is 17.5 Å². The van der Waals surface area contributed by atoms with Crippen LogP contribution in [0.1, 0.15) is 12.0 Å². The van der Waals surface area contributed by atoms with Crippen molar-refractivity contribution < 1.29 is 8.42 Å². The number of hydrogen-bond donors (Lipinski definition) is 2. The van der Waals surface area contributed by atoms with Gasteiger partial charge in [-0.2, -0.15) is 5.10 Å². The molecule has 1 aromatic rings. The van der Waals surface area contributed by atoms with Crippen LogP contribution >= 0.6 is 12.2 Å². The zero-order valence-electron chi connectivity index (χ0n) is 10.1. The number of pyridine rings is 1. The third-order valence-corrected chi connectivity index (χ3v) is 4.63. The normalized spacial score (nSPS) is 21.4. The van der Waals surface area contributed by atoms with Gasteiger partial charge >= 0.3 is 0 Å². The van der Waals surface area contributed by atoms with Crippen LogP contribution < -0.4 is 10.7 Å². The average molecular weight is 298 g/mol. The van der Waals surface area contributed by atoms with Gasteiger partial charge in [0.15, 0.2) is 14.9 Å². The summed E-state index contributed by atoms with van der Waals surface area (Å²) in [6, 6.07) is 3.50.